The van der Waals surface area contributed by atoms with Crippen LogP contribution in [-0.4, -0.2) is 23.1 Å². The van der Waals surface area contributed by atoms with Crippen molar-refractivity contribution in [3.63, 3.8) is 0 Å². The molecule has 1 aromatic carbocycles. The van der Waals surface area contributed by atoms with Crippen LogP contribution in [0.2, 0.25) is 5.02 Å². The maximum Gasteiger partial charge on any atom is 0.136 e. The summed E-state index contributed by atoms with van der Waals surface area (Å²) in [6, 6.07) is 11.9. The predicted molar refractivity (Wildman–Crippen MR) is 96.9 cm³/mol. The fourth-order valence-electron chi connectivity index (χ4n) is 2.42. The van der Waals surface area contributed by atoms with Crippen LogP contribution in [0.15, 0.2) is 42.6 Å². The average molecular weight is 327 g/mol. The molecule has 0 saturated heterocycles. The molecule has 23 heavy (non-hydrogen) atoms. The number of hydrogen-bond donors (Lipinski definition) is 2. The lowest BCUT2D eigenvalue weighted by molar-refractivity contribution is 0.871. The van der Waals surface area contributed by atoms with Gasteiger partial charge in [-0.1, -0.05) is 23.7 Å². The number of fused-ring (bicyclic) bond motifs is 1. The predicted octanol–water partition coefficient (Wildman–Crippen LogP) is 4.02. The van der Waals surface area contributed by atoms with Crippen molar-refractivity contribution in [1.29, 1.82) is 0 Å². The first-order chi connectivity index (χ1) is 11.2. The fraction of sp³-hybridized carbons (Fsp3) is 0.222. The third-order valence-corrected chi connectivity index (χ3v) is 4.15. The summed E-state index contributed by atoms with van der Waals surface area (Å²) in [5.41, 5.74) is 9.36. The van der Waals surface area contributed by atoms with Crippen molar-refractivity contribution in [3.05, 3.63) is 53.2 Å². The molecule has 3 N–H and O–H groups in total. The van der Waals surface area contributed by atoms with E-state index in [9.17, 15) is 0 Å². The SMILES string of the molecule is Cc1ccc(-c2cc3ncccc3c(NCCCN)n2)cc1Cl. The summed E-state index contributed by atoms with van der Waals surface area (Å²) in [4.78, 5) is 9.22. The van der Waals surface area contributed by atoms with Crippen molar-refractivity contribution in [1.82, 2.24) is 9.97 Å². The average Bonchev–Trinajstić information content (AvgIpc) is 2.57. The monoisotopic (exact) mass is 326 g/mol. The minimum absolute atomic E-state index is 0.649. The van der Waals surface area contributed by atoms with Crippen LogP contribution >= 0.6 is 11.6 Å². The molecule has 3 rings (SSSR count). The smallest absolute Gasteiger partial charge is 0.136 e. The number of pyridine rings is 2. The molecule has 118 valence electrons. The first-order valence-corrected chi connectivity index (χ1v) is 8.03. The molecule has 0 amide bonds. The highest BCUT2D eigenvalue weighted by Gasteiger charge is 2.09. The fourth-order valence-corrected chi connectivity index (χ4v) is 2.60. The van der Waals surface area contributed by atoms with Crippen molar-refractivity contribution in [2.24, 2.45) is 5.73 Å². The number of aryl methyl sites for hydroxylation is 1. The summed E-state index contributed by atoms with van der Waals surface area (Å²) in [7, 11) is 0. The molecule has 0 spiro atoms. The first kappa shape index (κ1) is 15.7. The Labute approximate surface area is 140 Å². The Hall–Kier alpha value is -2.17. The van der Waals surface area contributed by atoms with E-state index in [4.69, 9.17) is 22.3 Å². The number of nitrogens with one attached hydrogen (secondary N) is 1. The molecule has 3 aromatic rings. The quantitative estimate of drug-likeness (QED) is 0.695. The molecule has 0 bridgehead atoms. The van der Waals surface area contributed by atoms with Crippen molar-refractivity contribution in [2.75, 3.05) is 18.4 Å². The molecule has 2 aromatic heterocycles. The molecule has 2 heterocycles. The van der Waals surface area contributed by atoms with Gasteiger partial charge in [0.15, 0.2) is 0 Å². The van der Waals surface area contributed by atoms with Gasteiger partial charge in [0.25, 0.3) is 0 Å². The molecule has 0 aliphatic rings. The van der Waals surface area contributed by atoms with E-state index in [0.717, 1.165) is 51.5 Å². The van der Waals surface area contributed by atoms with Gasteiger partial charge in [-0.05, 0) is 49.7 Å². The topological polar surface area (TPSA) is 63.8 Å². The lowest BCUT2D eigenvalue weighted by Gasteiger charge is -2.11. The van der Waals surface area contributed by atoms with Gasteiger partial charge in [0.2, 0.25) is 0 Å². The van der Waals surface area contributed by atoms with E-state index in [1.165, 1.54) is 0 Å². The summed E-state index contributed by atoms with van der Waals surface area (Å²) in [6.07, 6.45) is 2.68. The molecule has 4 nitrogen and oxygen atoms in total. The first-order valence-electron chi connectivity index (χ1n) is 7.65. The summed E-state index contributed by atoms with van der Waals surface area (Å²) in [5.74, 6) is 0.829. The second-order valence-electron chi connectivity index (χ2n) is 5.46. The van der Waals surface area contributed by atoms with Gasteiger partial charge in [0, 0.05) is 28.7 Å². The molecular formula is C18H19ClN4. The third-order valence-electron chi connectivity index (χ3n) is 3.74. The second-order valence-corrected chi connectivity index (χ2v) is 5.87. The largest absolute Gasteiger partial charge is 0.369 e. The van der Waals surface area contributed by atoms with Crippen LogP contribution in [0.1, 0.15) is 12.0 Å². The van der Waals surface area contributed by atoms with Crippen molar-refractivity contribution < 1.29 is 0 Å². The third kappa shape index (κ3) is 3.44. The van der Waals surface area contributed by atoms with Gasteiger partial charge in [0.1, 0.15) is 5.82 Å². The number of anilines is 1. The number of benzene rings is 1. The van der Waals surface area contributed by atoms with Crippen LogP contribution in [-0.2, 0) is 0 Å². The lowest BCUT2D eigenvalue weighted by atomic mass is 10.1. The number of nitrogens with zero attached hydrogens (tertiary/aromatic N) is 2. The summed E-state index contributed by atoms with van der Waals surface area (Å²) < 4.78 is 0. The number of halogens is 1. The number of aromatic nitrogens is 2. The molecule has 5 heteroatoms. The highest BCUT2D eigenvalue weighted by Crippen LogP contribution is 2.29. The van der Waals surface area contributed by atoms with Crippen LogP contribution in [0, 0.1) is 6.92 Å². The Morgan fingerprint density at radius 3 is 2.87 bits per heavy atom. The Kier molecular flexibility index (Phi) is 4.74. The van der Waals surface area contributed by atoms with Crippen LogP contribution < -0.4 is 11.1 Å². The molecule has 0 radical (unpaired) electrons. The minimum atomic E-state index is 0.649. The Bertz CT molecular complexity index is 832. The highest BCUT2D eigenvalue weighted by atomic mass is 35.5. The summed E-state index contributed by atoms with van der Waals surface area (Å²) in [6.45, 7) is 3.42. The van der Waals surface area contributed by atoms with E-state index in [2.05, 4.69) is 10.3 Å². The maximum atomic E-state index is 6.25. The maximum absolute atomic E-state index is 6.25. The van der Waals surface area contributed by atoms with Crippen molar-refractivity contribution in [3.8, 4) is 11.3 Å². The van der Waals surface area contributed by atoms with Crippen molar-refractivity contribution >= 4 is 28.3 Å². The Balaban J connectivity index is 2.08. The van der Waals surface area contributed by atoms with Gasteiger partial charge >= 0.3 is 0 Å². The van der Waals surface area contributed by atoms with Gasteiger partial charge in [-0.25, -0.2) is 4.98 Å². The lowest BCUT2D eigenvalue weighted by Crippen LogP contribution is -2.10. The van der Waals surface area contributed by atoms with E-state index in [1.54, 1.807) is 6.20 Å². The van der Waals surface area contributed by atoms with Gasteiger partial charge in [-0.15, -0.1) is 0 Å². The van der Waals surface area contributed by atoms with Gasteiger partial charge in [0.05, 0.1) is 11.2 Å². The zero-order valence-electron chi connectivity index (χ0n) is 13.0. The van der Waals surface area contributed by atoms with Crippen LogP contribution in [0.5, 0.6) is 0 Å². The highest BCUT2D eigenvalue weighted by molar-refractivity contribution is 6.31. The van der Waals surface area contributed by atoms with Crippen molar-refractivity contribution in [2.45, 2.75) is 13.3 Å². The molecule has 0 fully saturated rings. The molecule has 0 saturated carbocycles. The van der Waals surface area contributed by atoms with E-state index >= 15 is 0 Å². The van der Waals surface area contributed by atoms with E-state index in [-0.39, 0.29) is 0 Å². The number of nitrogens with two attached hydrogens (primary N) is 1. The van der Waals surface area contributed by atoms with E-state index in [1.807, 2.05) is 43.3 Å². The summed E-state index contributed by atoms with van der Waals surface area (Å²) >= 11 is 6.25. The minimum Gasteiger partial charge on any atom is -0.369 e. The summed E-state index contributed by atoms with van der Waals surface area (Å²) in [5, 5.41) is 5.11. The zero-order chi connectivity index (χ0) is 16.2. The molecule has 0 aliphatic heterocycles. The van der Waals surface area contributed by atoms with Gasteiger partial charge in [-0.2, -0.15) is 0 Å². The Morgan fingerprint density at radius 1 is 1.22 bits per heavy atom. The van der Waals surface area contributed by atoms with Crippen LogP contribution in [0.3, 0.4) is 0 Å². The Morgan fingerprint density at radius 2 is 2.09 bits per heavy atom. The molecular weight excluding hydrogens is 308 g/mol. The van der Waals surface area contributed by atoms with Crippen LogP contribution in [0.4, 0.5) is 5.82 Å². The van der Waals surface area contributed by atoms with Gasteiger partial charge in [-0.3, -0.25) is 4.98 Å². The molecule has 0 aliphatic carbocycles. The molecule has 0 atom stereocenters. The van der Waals surface area contributed by atoms with E-state index in [0.29, 0.717) is 6.54 Å². The normalized spacial score (nSPS) is 10.9. The second kappa shape index (κ2) is 6.94. The van der Waals surface area contributed by atoms with Crippen LogP contribution in [0.25, 0.3) is 22.2 Å². The van der Waals surface area contributed by atoms with E-state index < -0.39 is 0 Å². The number of rotatable bonds is 5. The van der Waals surface area contributed by atoms with Gasteiger partial charge < -0.3 is 11.1 Å². The zero-order valence-corrected chi connectivity index (χ0v) is 13.8. The standard InChI is InChI=1S/C18H19ClN4/c1-12-5-6-13(10-15(12)19)16-11-17-14(4-2-8-21-17)18(23-16)22-9-3-7-20/h2,4-6,8,10-11H,3,7,9,20H2,1H3,(H,22,23). The number of hydrogen-bond acceptors (Lipinski definition) is 4. The molecule has 0 unspecified atom stereocenters.